The Kier molecular flexibility index (Phi) is 7.73. The van der Waals surface area contributed by atoms with Gasteiger partial charge in [0.1, 0.15) is 28.9 Å². The van der Waals surface area contributed by atoms with Crippen LogP contribution >= 0.6 is 0 Å². The van der Waals surface area contributed by atoms with Crippen LogP contribution in [0.1, 0.15) is 42.3 Å². The Morgan fingerprint density at radius 3 is 1.98 bits per heavy atom. The molecule has 2 heterocycles. The van der Waals surface area contributed by atoms with Crippen LogP contribution in [0.15, 0.2) is 94.6 Å². The van der Waals surface area contributed by atoms with E-state index in [1.54, 1.807) is 21.1 Å². The molecule has 1 aliphatic carbocycles. The molecule has 6 rings (SSSR count). The monoisotopic (exact) mass is 598 g/mol. The molecule has 2 fully saturated rings. The minimum atomic E-state index is -1.13. The number of hydrogen-bond acceptors (Lipinski definition) is 7. The van der Waals surface area contributed by atoms with Crippen molar-refractivity contribution in [2.75, 3.05) is 20.8 Å². The van der Waals surface area contributed by atoms with Crippen molar-refractivity contribution in [1.82, 2.24) is 9.55 Å². The molecule has 6 atom stereocenters. The summed E-state index contributed by atoms with van der Waals surface area (Å²) < 4.78 is 26.2. The molecule has 3 aromatic carbocycles. The molecule has 2 bridgehead atoms. The van der Waals surface area contributed by atoms with Crippen LogP contribution in [0.3, 0.4) is 0 Å². The third-order valence-electron chi connectivity index (χ3n) is 9.81. The molecule has 9 heteroatoms. The predicted molar refractivity (Wildman–Crippen MR) is 165 cm³/mol. The van der Waals surface area contributed by atoms with E-state index >= 15 is 0 Å². The van der Waals surface area contributed by atoms with Crippen molar-refractivity contribution in [2.45, 2.75) is 44.3 Å². The second kappa shape index (κ2) is 11.4. The van der Waals surface area contributed by atoms with Crippen molar-refractivity contribution in [3.63, 3.8) is 0 Å². The van der Waals surface area contributed by atoms with Gasteiger partial charge in [-0.1, -0.05) is 68.4 Å². The van der Waals surface area contributed by atoms with Gasteiger partial charge in [0.05, 0.1) is 26.9 Å². The van der Waals surface area contributed by atoms with Crippen molar-refractivity contribution in [2.24, 2.45) is 17.8 Å². The molecule has 44 heavy (non-hydrogen) atoms. The van der Waals surface area contributed by atoms with Gasteiger partial charge >= 0.3 is 5.69 Å². The normalized spacial score (nSPS) is 26.1. The molecule has 0 unspecified atom stereocenters. The lowest BCUT2D eigenvalue weighted by molar-refractivity contribution is -0.199. The number of aliphatic hydroxyl groups is 1. The number of benzene rings is 3. The first-order valence-electron chi connectivity index (χ1n) is 14.8. The fourth-order valence-electron chi connectivity index (χ4n) is 7.12. The van der Waals surface area contributed by atoms with Crippen LogP contribution in [-0.2, 0) is 15.1 Å². The molecule has 0 amide bonds. The summed E-state index contributed by atoms with van der Waals surface area (Å²) in [7, 11) is 3.25. The third kappa shape index (κ3) is 4.58. The van der Waals surface area contributed by atoms with Crippen LogP contribution in [0.2, 0.25) is 0 Å². The van der Waals surface area contributed by atoms with E-state index in [0.717, 1.165) is 16.7 Å². The van der Waals surface area contributed by atoms with Gasteiger partial charge in [0.15, 0.2) is 0 Å². The topological polar surface area (TPSA) is 112 Å². The molecule has 9 nitrogen and oxygen atoms in total. The summed E-state index contributed by atoms with van der Waals surface area (Å²) in [4.78, 5) is 27.4. The fraction of sp³-hybridized carbons (Fsp3) is 0.371. The summed E-state index contributed by atoms with van der Waals surface area (Å²) in [5, 5.41) is 11.9. The highest BCUT2D eigenvalue weighted by molar-refractivity contribution is 5.49. The molecule has 0 radical (unpaired) electrons. The van der Waals surface area contributed by atoms with Crippen LogP contribution in [0.25, 0.3) is 0 Å². The van der Waals surface area contributed by atoms with E-state index in [-0.39, 0.29) is 24.4 Å². The second-order valence-electron chi connectivity index (χ2n) is 11.9. The number of aromatic nitrogens is 2. The number of aliphatic hydroxyl groups excluding tert-OH is 1. The van der Waals surface area contributed by atoms with E-state index in [9.17, 15) is 14.7 Å². The lowest BCUT2D eigenvalue weighted by atomic mass is 9.79. The molecule has 0 spiro atoms. The zero-order valence-corrected chi connectivity index (χ0v) is 25.5. The highest BCUT2D eigenvalue weighted by Crippen LogP contribution is 2.59. The van der Waals surface area contributed by atoms with Gasteiger partial charge < -0.3 is 24.1 Å². The standard InChI is InChI=1S/C35H38N2O7/c1-21-19-37(33(40)36-31(21)39)32-29-22(2)23(3)34(44-32,30(29)38)20-43-35(24-9-7-6-8-10-24,25-11-15-27(41-4)16-12-25)26-13-17-28(42-5)18-14-26/h6-19,22-23,29-30,32,38H,20H2,1-5H3,(H,36,39,40)/t22-,23+,29-,30+,32-,34+/m1/s1. The van der Waals surface area contributed by atoms with E-state index < -0.39 is 34.8 Å². The van der Waals surface area contributed by atoms with Crippen molar-refractivity contribution in [1.29, 1.82) is 0 Å². The number of nitrogens with zero attached hydrogens (tertiary/aromatic N) is 1. The number of hydrogen-bond donors (Lipinski definition) is 2. The van der Waals surface area contributed by atoms with Gasteiger partial charge in [0.2, 0.25) is 0 Å². The number of fused-ring (bicyclic) bond motifs is 2. The lowest BCUT2D eigenvalue weighted by Crippen LogP contribution is -2.51. The summed E-state index contributed by atoms with van der Waals surface area (Å²) >= 11 is 0. The lowest BCUT2D eigenvalue weighted by Gasteiger charge is -2.43. The number of ether oxygens (including phenoxy) is 4. The number of aromatic amines is 1. The van der Waals surface area contributed by atoms with Crippen molar-refractivity contribution >= 4 is 0 Å². The van der Waals surface area contributed by atoms with Gasteiger partial charge in [0.25, 0.3) is 5.56 Å². The zero-order chi connectivity index (χ0) is 31.2. The minimum Gasteiger partial charge on any atom is -0.497 e. The Morgan fingerprint density at radius 1 is 0.886 bits per heavy atom. The fourth-order valence-corrected chi connectivity index (χ4v) is 7.12. The van der Waals surface area contributed by atoms with Gasteiger partial charge in [-0.05, 0) is 59.7 Å². The number of rotatable bonds is 9. The maximum absolute atomic E-state index is 12.9. The van der Waals surface area contributed by atoms with Crippen LogP contribution in [0, 0.1) is 24.7 Å². The van der Waals surface area contributed by atoms with Gasteiger partial charge in [-0.25, -0.2) is 4.79 Å². The number of H-pyrrole nitrogens is 1. The minimum absolute atomic E-state index is 0.000387. The van der Waals surface area contributed by atoms with E-state index in [1.165, 1.54) is 10.8 Å². The van der Waals surface area contributed by atoms with Crippen LogP contribution in [-0.4, -0.2) is 47.2 Å². The van der Waals surface area contributed by atoms with Crippen molar-refractivity contribution in [3.8, 4) is 11.5 Å². The van der Waals surface area contributed by atoms with E-state index in [1.807, 2.05) is 78.9 Å². The van der Waals surface area contributed by atoms with Crippen molar-refractivity contribution in [3.05, 3.63) is 128 Å². The maximum Gasteiger partial charge on any atom is 0.330 e. The Balaban J connectivity index is 1.48. The first-order chi connectivity index (χ1) is 21.2. The van der Waals surface area contributed by atoms with E-state index in [0.29, 0.717) is 17.1 Å². The highest BCUT2D eigenvalue weighted by Gasteiger charge is 2.68. The first kappa shape index (κ1) is 29.9. The molecule has 1 saturated heterocycles. The van der Waals surface area contributed by atoms with Crippen molar-refractivity contribution < 1.29 is 24.1 Å². The average Bonchev–Trinajstić information content (AvgIpc) is 3.44. The van der Waals surface area contributed by atoms with Crippen LogP contribution in [0.4, 0.5) is 0 Å². The summed E-state index contributed by atoms with van der Waals surface area (Å²) in [6, 6.07) is 25.5. The molecule has 1 aromatic heterocycles. The molecule has 4 aromatic rings. The molecular weight excluding hydrogens is 560 g/mol. The smallest absolute Gasteiger partial charge is 0.330 e. The average molecular weight is 599 g/mol. The Morgan fingerprint density at radius 2 is 1.43 bits per heavy atom. The largest absolute Gasteiger partial charge is 0.497 e. The van der Waals surface area contributed by atoms with Crippen LogP contribution < -0.4 is 20.7 Å². The first-order valence-corrected chi connectivity index (χ1v) is 14.8. The van der Waals surface area contributed by atoms with Gasteiger partial charge in [-0.3, -0.25) is 14.3 Å². The van der Waals surface area contributed by atoms with E-state index in [4.69, 9.17) is 18.9 Å². The number of nitrogens with one attached hydrogen (secondary N) is 1. The molecular formula is C35H38N2O7. The van der Waals surface area contributed by atoms with Gasteiger partial charge in [0, 0.05) is 17.7 Å². The van der Waals surface area contributed by atoms with Gasteiger partial charge in [-0.2, -0.15) is 0 Å². The summed E-state index contributed by atoms with van der Waals surface area (Å²) in [6.45, 7) is 5.79. The zero-order valence-electron chi connectivity index (χ0n) is 25.5. The summed E-state index contributed by atoms with van der Waals surface area (Å²) in [5.74, 6) is 0.941. The third-order valence-corrected chi connectivity index (χ3v) is 9.81. The Hall–Kier alpha value is -4.18. The molecule has 1 aliphatic heterocycles. The number of methoxy groups -OCH3 is 2. The molecule has 1 saturated carbocycles. The molecule has 2 N–H and O–H groups in total. The van der Waals surface area contributed by atoms with Crippen LogP contribution in [0.5, 0.6) is 11.5 Å². The Bertz CT molecular complexity index is 1680. The van der Waals surface area contributed by atoms with E-state index in [2.05, 4.69) is 18.8 Å². The quantitative estimate of drug-likeness (QED) is 0.275. The van der Waals surface area contributed by atoms with Gasteiger partial charge in [-0.15, -0.1) is 0 Å². The number of aryl methyl sites for hydroxylation is 1. The Labute approximate surface area is 256 Å². The summed E-state index contributed by atoms with van der Waals surface area (Å²) in [5.41, 5.74) is -0.260. The molecule has 230 valence electrons. The molecule has 2 aliphatic rings. The predicted octanol–water partition coefficient (Wildman–Crippen LogP) is 4.40. The SMILES string of the molecule is COc1ccc(C(OC[C@]23O[C@@H](n4cc(C)c(=O)[nH]c4=O)[C@H]([C@H](C)[C@@H]2C)[C@@H]3O)(c2ccccc2)c2ccc(OC)cc2)cc1. The summed E-state index contributed by atoms with van der Waals surface area (Å²) in [6.07, 6.45) is -0.179. The highest BCUT2D eigenvalue weighted by atomic mass is 16.6. The maximum atomic E-state index is 12.9. The second-order valence-corrected chi connectivity index (χ2v) is 11.9.